The number of hydrogen-bond acceptors (Lipinski definition) is 4. The molecule has 0 radical (unpaired) electrons. The van der Waals surface area contributed by atoms with Crippen molar-refractivity contribution in [3.63, 3.8) is 0 Å². The predicted molar refractivity (Wildman–Crippen MR) is 86.6 cm³/mol. The summed E-state index contributed by atoms with van der Waals surface area (Å²) in [4.78, 5) is 23.4. The quantitative estimate of drug-likeness (QED) is 0.874. The van der Waals surface area contributed by atoms with Gasteiger partial charge in [0.15, 0.2) is 0 Å². The maximum Gasteiger partial charge on any atom is 0.261 e. The molecule has 118 valence electrons. The molecule has 0 N–H and O–H groups in total. The zero-order valence-electron chi connectivity index (χ0n) is 13.1. The number of anilines is 1. The fraction of sp³-hybridized carbons (Fsp3) is 0.389. The second-order valence-electron chi connectivity index (χ2n) is 6.21. The van der Waals surface area contributed by atoms with Crippen LogP contribution in [0.5, 0.6) is 0 Å². The van der Waals surface area contributed by atoms with Crippen LogP contribution in [-0.4, -0.2) is 35.6 Å². The Labute approximate surface area is 135 Å². The van der Waals surface area contributed by atoms with Gasteiger partial charge in [0.2, 0.25) is 0 Å². The van der Waals surface area contributed by atoms with Crippen LogP contribution in [0.25, 0.3) is 0 Å². The number of amides is 1. The van der Waals surface area contributed by atoms with Gasteiger partial charge in [0.25, 0.3) is 5.91 Å². The average Bonchev–Trinajstić information content (AvgIpc) is 3.45. The normalized spacial score (nSPS) is 20.2. The van der Waals surface area contributed by atoms with Gasteiger partial charge in [-0.25, -0.2) is 9.97 Å². The summed E-state index contributed by atoms with van der Waals surface area (Å²) in [5.74, 6) is 1.28. The van der Waals surface area contributed by atoms with Crippen LogP contribution in [0.4, 0.5) is 5.69 Å². The number of ether oxygens (including phenoxy) is 1. The van der Waals surface area contributed by atoms with E-state index < -0.39 is 0 Å². The van der Waals surface area contributed by atoms with E-state index in [1.165, 1.54) is 0 Å². The molecule has 1 saturated carbocycles. The van der Waals surface area contributed by atoms with E-state index in [2.05, 4.69) is 9.97 Å². The Morgan fingerprint density at radius 3 is 2.65 bits per heavy atom. The molecule has 1 aromatic carbocycles. The molecule has 1 amide bonds. The topological polar surface area (TPSA) is 55.3 Å². The van der Waals surface area contributed by atoms with Crippen LogP contribution in [0.15, 0.2) is 36.7 Å². The summed E-state index contributed by atoms with van der Waals surface area (Å²) < 4.78 is 5.50. The van der Waals surface area contributed by atoms with Crippen molar-refractivity contribution in [2.75, 3.05) is 18.6 Å². The number of para-hydroxylation sites is 1. The minimum absolute atomic E-state index is 0.0144. The Hall–Kier alpha value is -2.27. The second-order valence-corrected chi connectivity index (χ2v) is 6.21. The van der Waals surface area contributed by atoms with Crippen LogP contribution in [-0.2, 0) is 11.2 Å². The van der Waals surface area contributed by atoms with E-state index in [1.54, 1.807) is 24.4 Å². The number of hydrogen-bond donors (Lipinski definition) is 0. The highest BCUT2D eigenvalue weighted by atomic mass is 16.5. The summed E-state index contributed by atoms with van der Waals surface area (Å²) in [5, 5.41) is 0. The molecule has 5 nitrogen and oxygen atoms in total. The van der Waals surface area contributed by atoms with Crippen molar-refractivity contribution in [1.82, 2.24) is 9.97 Å². The smallest absolute Gasteiger partial charge is 0.261 e. The highest BCUT2D eigenvalue weighted by molar-refractivity contribution is 6.06. The van der Waals surface area contributed by atoms with Crippen LogP contribution in [0.3, 0.4) is 0 Å². The summed E-state index contributed by atoms with van der Waals surface area (Å²) >= 11 is 0. The zero-order chi connectivity index (χ0) is 15.8. The van der Waals surface area contributed by atoms with Crippen LogP contribution in [0.2, 0.25) is 0 Å². The summed E-state index contributed by atoms with van der Waals surface area (Å²) in [7, 11) is 1.69. The molecule has 0 spiro atoms. The molecule has 2 aromatic rings. The van der Waals surface area contributed by atoms with Gasteiger partial charge in [-0.3, -0.25) is 4.79 Å². The van der Waals surface area contributed by atoms with Crippen molar-refractivity contribution in [3.8, 4) is 0 Å². The summed E-state index contributed by atoms with van der Waals surface area (Å²) in [5.41, 5.74) is 2.62. The molecule has 4 rings (SSSR count). The largest absolute Gasteiger partial charge is 0.379 e. The fourth-order valence-electron chi connectivity index (χ4n) is 3.07. The first-order chi connectivity index (χ1) is 11.3. The van der Waals surface area contributed by atoms with Gasteiger partial charge in [0, 0.05) is 37.5 Å². The van der Waals surface area contributed by atoms with E-state index in [9.17, 15) is 4.79 Å². The molecule has 5 heteroatoms. The van der Waals surface area contributed by atoms with E-state index in [0.717, 1.165) is 36.3 Å². The van der Waals surface area contributed by atoms with Gasteiger partial charge in [-0.05, 0) is 24.5 Å². The molecule has 23 heavy (non-hydrogen) atoms. The Morgan fingerprint density at radius 1 is 1.22 bits per heavy atom. The second kappa shape index (κ2) is 5.74. The Morgan fingerprint density at radius 2 is 1.96 bits per heavy atom. The Bertz CT molecular complexity index is 725. The van der Waals surface area contributed by atoms with Gasteiger partial charge in [-0.15, -0.1) is 0 Å². The van der Waals surface area contributed by atoms with Gasteiger partial charge < -0.3 is 9.64 Å². The molecule has 1 aliphatic carbocycles. The first-order valence-electron chi connectivity index (χ1n) is 8.01. The third-order valence-electron chi connectivity index (χ3n) is 4.56. The number of benzene rings is 1. The lowest BCUT2D eigenvalue weighted by Crippen LogP contribution is -2.43. The fourth-order valence-corrected chi connectivity index (χ4v) is 3.07. The van der Waals surface area contributed by atoms with Crippen LogP contribution in [0, 0.1) is 0 Å². The van der Waals surface area contributed by atoms with Crippen molar-refractivity contribution in [3.05, 3.63) is 53.6 Å². The highest BCUT2D eigenvalue weighted by Gasteiger charge is 2.30. The van der Waals surface area contributed by atoms with E-state index in [-0.39, 0.29) is 12.0 Å². The number of fused-ring (bicyclic) bond motifs is 1. The van der Waals surface area contributed by atoms with Crippen LogP contribution in [0.1, 0.15) is 40.5 Å². The monoisotopic (exact) mass is 309 g/mol. The first-order valence-corrected chi connectivity index (χ1v) is 8.01. The summed E-state index contributed by atoms with van der Waals surface area (Å²) in [6.07, 6.45) is 6.46. The standard InChI is InChI=1S/C18H19N3O2/c1-23-15-8-13-4-2-3-5-16(13)21(11-15)18(22)14-9-19-17(20-10-14)12-6-7-12/h2-5,9-10,12,15H,6-8,11H2,1H3/t15-/m0/s1. The van der Waals surface area contributed by atoms with Gasteiger partial charge >= 0.3 is 0 Å². The molecule has 0 bridgehead atoms. The summed E-state index contributed by atoms with van der Waals surface area (Å²) in [6.45, 7) is 0.552. The minimum Gasteiger partial charge on any atom is -0.379 e. The zero-order valence-corrected chi connectivity index (χ0v) is 13.1. The van der Waals surface area contributed by atoms with Crippen molar-refractivity contribution < 1.29 is 9.53 Å². The Balaban J connectivity index is 1.64. The van der Waals surface area contributed by atoms with Gasteiger partial charge in [-0.2, -0.15) is 0 Å². The predicted octanol–water partition coefficient (Wildman–Crippen LogP) is 2.57. The lowest BCUT2D eigenvalue weighted by atomic mass is 9.99. The lowest BCUT2D eigenvalue weighted by Gasteiger charge is -2.33. The van der Waals surface area contributed by atoms with E-state index in [4.69, 9.17) is 4.74 Å². The van der Waals surface area contributed by atoms with Gasteiger partial charge in [0.05, 0.1) is 18.2 Å². The number of carbonyl (C=O) groups is 1. The molecule has 1 atom stereocenters. The molecule has 2 heterocycles. The van der Waals surface area contributed by atoms with Crippen molar-refractivity contribution in [2.24, 2.45) is 0 Å². The van der Waals surface area contributed by atoms with Crippen molar-refractivity contribution in [2.45, 2.75) is 31.3 Å². The highest BCUT2D eigenvalue weighted by Crippen LogP contribution is 2.37. The van der Waals surface area contributed by atoms with E-state index in [1.807, 2.05) is 24.3 Å². The van der Waals surface area contributed by atoms with E-state index >= 15 is 0 Å². The number of methoxy groups -OCH3 is 1. The maximum atomic E-state index is 12.9. The molecule has 2 aliphatic rings. The van der Waals surface area contributed by atoms with Crippen molar-refractivity contribution >= 4 is 11.6 Å². The Kier molecular flexibility index (Phi) is 3.58. The minimum atomic E-state index is -0.0680. The third-order valence-corrected chi connectivity index (χ3v) is 4.56. The number of aromatic nitrogens is 2. The number of nitrogens with zero attached hydrogens (tertiary/aromatic N) is 3. The maximum absolute atomic E-state index is 12.9. The number of carbonyl (C=O) groups excluding carboxylic acids is 1. The van der Waals surface area contributed by atoms with Gasteiger partial charge in [0.1, 0.15) is 5.82 Å². The molecule has 1 fully saturated rings. The molecule has 0 unspecified atom stereocenters. The molecule has 1 aliphatic heterocycles. The SMILES string of the molecule is CO[C@H]1Cc2ccccc2N(C(=O)c2cnc(C3CC3)nc2)C1. The van der Waals surface area contributed by atoms with Gasteiger partial charge in [-0.1, -0.05) is 18.2 Å². The molecule has 0 saturated heterocycles. The average molecular weight is 309 g/mol. The number of rotatable bonds is 3. The third kappa shape index (κ3) is 2.72. The van der Waals surface area contributed by atoms with Crippen LogP contribution >= 0.6 is 0 Å². The molecule has 1 aromatic heterocycles. The van der Waals surface area contributed by atoms with Crippen molar-refractivity contribution in [1.29, 1.82) is 0 Å². The molecular formula is C18H19N3O2. The first kappa shape index (κ1) is 14.3. The van der Waals surface area contributed by atoms with E-state index in [0.29, 0.717) is 18.0 Å². The molecular weight excluding hydrogens is 290 g/mol. The lowest BCUT2D eigenvalue weighted by molar-refractivity contribution is 0.0869. The summed E-state index contributed by atoms with van der Waals surface area (Å²) in [6, 6.07) is 7.98. The van der Waals surface area contributed by atoms with Crippen LogP contribution < -0.4 is 4.90 Å².